The second-order valence-corrected chi connectivity index (χ2v) is 3.58. The number of hydrogen-bond donors (Lipinski definition) is 3. The number of primary amides is 1. The maximum absolute atomic E-state index is 11.3. The maximum atomic E-state index is 11.3. The molecule has 14 heavy (non-hydrogen) atoms. The van der Waals surface area contributed by atoms with Crippen LogP contribution in [-0.4, -0.2) is 36.3 Å². The van der Waals surface area contributed by atoms with Crippen molar-refractivity contribution in [3.63, 3.8) is 0 Å². The number of rotatable bonds is 5. The molecule has 6 nitrogen and oxygen atoms in total. The summed E-state index contributed by atoms with van der Waals surface area (Å²) in [5.74, 6) is 4.31. The van der Waals surface area contributed by atoms with E-state index in [2.05, 4.69) is 5.43 Å². The lowest BCUT2D eigenvalue weighted by Crippen LogP contribution is -2.52. The van der Waals surface area contributed by atoms with Gasteiger partial charge in [-0.3, -0.25) is 19.9 Å². The van der Waals surface area contributed by atoms with Crippen LogP contribution in [0.5, 0.6) is 0 Å². The molecule has 0 aromatic heterocycles. The molecule has 0 spiro atoms. The van der Waals surface area contributed by atoms with Crippen molar-refractivity contribution in [3.05, 3.63) is 0 Å². The molecule has 6 heteroatoms. The van der Waals surface area contributed by atoms with Gasteiger partial charge in [0.25, 0.3) is 5.91 Å². The molecular formula is C8H18N4O2. The molecule has 0 aliphatic heterocycles. The summed E-state index contributed by atoms with van der Waals surface area (Å²) in [5.41, 5.74) is 7.10. The van der Waals surface area contributed by atoms with E-state index in [-0.39, 0.29) is 18.4 Å². The molecule has 82 valence electrons. The maximum Gasteiger partial charge on any atom is 0.251 e. The third-order valence-electron chi connectivity index (χ3n) is 1.92. The summed E-state index contributed by atoms with van der Waals surface area (Å²) >= 11 is 0. The first-order valence-corrected chi connectivity index (χ1v) is 4.39. The quantitative estimate of drug-likeness (QED) is 0.284. The molecule has 2 amide bonds. The fourth-order valence-electron chi connectivity index (χ4n) is 1.44. The van der Waals surface area contributed by atoms with E-state index in [1.165, 1.54) is 0 Å². The summed E-state index contributed by atoms with van der Waals surface area (Å²) < 4.78 is 0. The monoisotopic (exact) mass is 202 g/mol. The van der Waals surface area contributed by atoms with Gasteiger partial charge in [-0.15, -0.1) is 0 Å². The first kappa shape index (κ1) is 12.9. The molecule has 0 radical (unpaired) electrons. The van der Waals surface area contributed by atoms with Gasteiger partial charge >= 0.3 is 0 Å². The van der Waals surface area contributed by atoms with E-state index in [1.807, 2.05) is 13.8 Å². The largest absolute Gasteiger partial charge is 0.369 e. The Balaban J connectivity index is 4.48. The lowest BCUT2D eigenvalue weighted by Gasteiger charge is -2.28. The highest BCUT2D eigenvalue weighted by atomic mass is 16.2. The molecular weight excluding hydrogens is 184 g/mol. The smallest absolute Gasteiger partial charge is 0.251 e. The van der Waals surface area contributed by atoms with Gasteiger partial charge < -0.3 is 5.73 Å². The molecule has 5 N–H and O–H groups in total. The standard InChI is InChI=1S/C8H18N4O2/c1-5(2)7(8(14)11-10)12(3)4-6(9)13/h5,7H,4,10H2,1-3H3,(H2,9,13)(H,11,14). The SMILES string of the molecule is CC(C)C(C(=O)NN)N(C)CC(N)=O. The Labute approximate surface area is 83.6 Å². The van der Waals surface area contributed by atoms with Crippen LogP contribution in [-0.2, 0) is 9.59 Å². The molecule has 0 fully saturated rings. The van der Waals surface area contributed by atoms with E-state index >= 15 is 0 Å². The van der Waals surface area contributed by atoms with Gasteiger partial charge in [-0.05, 0) is 13.0 Å². The number of hydrogen-bond acceptors (Lipinski definition) is 4. The van der Waals surface area contributed by atoms with Gasteiger partial charge in [0.15, 0.2) is 0 Å². The minimum Gasteiger partial charge on any atom is -0.369 e. The summed E-state index contributed by atoms with van der Waals surface area (Å²) in [4.78, 5) is 23.6. The molecule has 0 aromatic rings. The minimum absolute atomic E-state index is 0.0380. The van der Waals surface area contributed by atoms with E-state index in [0.717, 1.165) is 0 Å². The van der Waals surface area contributed by atoms with Crippen LogP contribution in [0, 0.1) is 5.92 Å². The third kappa shape index (κ3) is 3.71. The van der Waals surface area contributed by atoms with Crippen molar-refractivity contribution >= 4 is 11.8 Å². The normalized spacial score (nSPS) is 13.0. The number of carbonyl (C=O) groups excluding carboxylic acids is 2. The van der Waals surface area contributed by atoms with Crippen LogP contribution >= 0.6 is 0 Å². The minimum atomic E-state index is -0.469. The molecule has 0 aliphatic carbocycles. The van der Waals surface area contributed by atoms with Crippen molar-refractivity contribution in [3.8, 4) is 0 Å². The Morgan fingerprint density at radius 1 is 1.43 bits per heavy atom. The Bertz CT molecular complexity index is 217. The first-order valence-electron chi connectivity index (χ1n) is 4.39. The number of nitrogens with zero attached hydrogens (tertiary/aromatic N) is 1. The van der Waals surface area contributed by atoms with Crippen molar-refractivity contribution < 1.29 is 9.59 Å². The predicted octanol–water partition coefficient (Wildman–Crippen LogP) is -1.58. The number of nitrogens with two attached hydrogens (primary N) is 2. The average Bonchev–Trinajstić information content (AvgIpc) is 2.01. The average molecular weight is 202 g/mol. The van der Waals surface area contributed by atoms with Crippen LogP contribution in [0.4, 0.5) is 0 Å². The van der Waals surface area contributed by atoms with Gasteiger partial charge in [0.2, 0.25) is 5.91 Å². The van der Waals surface area contributed by atoms with E-state index < -0.39 is 11.9 Å². The van der Waals surface area contributed by atoms with Gasteiger partial charge in [0.05, 0.1) is 12.6 Å². The topological polar surface area (TPSA) is 101 Å². The molecule has 0 aliphatic rings. The second kappa shape index (κ2) is 5.56. The number of carbonyl (C=O) groups is 2. The zero-order valence-electron chi connectivity index (χ0n) is 8.78. The molecule has 1 unspecified atom stereocenters. The van der Waals surface area contributed by atoms with Gasteiger partial charge in [0.1, 0.15) is 0 Å². The summed E-state index contributed by atoms with van der Waals surface area (Å²) in [5, 5.41) is 0. The molecule has 1 atom stereocenters. The van der Waals surface area contributed by atoms with E-state index in [0.29, 0.717) is 0 Å². The number of amides is 2. The second-order valence-electron chi connectivity index (χ2n) is 3.58. The fraction of sp³-hybridized carbons (Fsp3) is 0.750. The summed E-state index contributed by atoms with van der Waals surface area (Å²) in [6.45, 7) is 3.78. The third-order valence-corrected chi connectivity index (χ3v) is 1.92. The van der Waals surface area contributed by atoms with Gasteiger partial charge in [-0.2, -0.15) is 0 Å². The summed E-state index contributed by atoms with van der Waals surface area (Å²) in [7, 11) is 1.66. The fourth-order valence-corrected chi connectivity index (χ4v) is 1.44. The van der Waals surface area contributed by atoms with Crippen LogP contribution in [0.2, 0.25) is 0 Å². The van der Waals surface area contributed by atoms with Crippen LogP contribution in [0.1, 0.15) is 13.8 Å². The Morgan fingerprint density at radius 3 is 2.21 bits per heavy atom. The number of hydrazine groups is 1. The van der Waals surface area contributed by atoms with Crippen molar-refractivity contribution in [1.82, 2.24) is 10.3 Å². The molecule has 0 rings (SSSR count). The van der Waals surface area contributed by atoms with Gasteiger partial charge in [0, 0.05) is 0 Å². The highest BCUT2D eigenvalue weighted by molar-refractivity contribution is 5.82. The van der Waals surface area contributed by atoms with Gasteiger partial charge in [-0.1, -0.05) is 13.8 Å². The lowest BCUT2D eigenvalue weighted by molar-refractivity contribution is -0.129. The molecule has 0 bridgehead atoms. The number of likely N-dealkylation sites (N-methyl/N-ethyl adjacent to an activating group) is 1. The van der Waals surface area contributed by atoms with Crippen molar-refractivity contribution in [2.45, 2.75) is 19.9 Å². The Morgan fingerprint density at radius 2 is 1.93 bits per heavy atom. The Hall–Kier alpha value is -1.14. The van der Waals surface area contributed by atoms with Crippen molar-refractivity contribution in [2.24, 2.45) is 17.5 Å². The van der Waals surface area contributed by atoms with Crippen LogP contribution < -0.4 is 17.0 Å². The van der Waals surface area contributed by atoms with E-state index in [4.69, 9.17) is 11.6 Å². The lowest BCUT2D eigenvalue weighted by atomic mass is 10.0. The van der Waals surface area contributed by atoms with Crippen molar-refractivity contribution in [1.29, 1.82) is 0 Å². The first-order chi connectivity index (χ1) is 6.40. The zero-order chi connectivity index (χ0) is 11.3. The van der Waals surface area contributed by atoms with E-state index in [9.17, 15) is 9.59 Å². The molecule has 0 saturated heterocycles. The summed E-state index contributed by atoms with van der Waals surface area (Å²) in [6, 6.07) is -0.438. The van der Waals surface area contributed by atoms with Gasteiger partial charge in [-0.25, -0.2) is 5.84 Å². The highest BCUT2D eigenvalue weighted by Gasteiger charge is 2.26. The van der Waals surface area contributed by atoms with Crippen LogP contribution in [0.15, 0.2) is 0 Å². The van der Waals surface area contributed by atoms with Crippen molar-refractivity contribution in [2.75, 3.05) is 13.6 Å². The highest BCUT2D eigenvalue weighted by Crippen LogP contribution is 2.08. The predicted molar refractivity (Wildman–Crippen MR) is 52.8 cm³/mol. The number of nitrogens with one attached hydrogen (secondary N) is 1. The Kier molecular flexibility index (Phi) is 5.11. The molecule has 0 heterocycles. The van der Waals surface area contributed by atoms with Crippen LogP contribution in [0.3, 0.4) is 0 Å². The van der Waals surface area contributed by atoms with Crippen LogP contribution in [0.25, 0.3) is 0 Å². The summed E-state index contributed by atoms with van der Waals surface area (Å²) in [6.07, 6.45) is 0. The molecule has 0 aromatic carbocycles. The molecule has 0 saturated carbocycles. The van der Waals surface area contributed by atoms with E-state index in [1.54, 1.807) is 11.9 Å². The zero-order valence-corrected chi connectivity index (χ0v) is 8.78.